The summed E-state index contributed by atoms with van der Waals surface area (Å²) in [6, 6.07) is 0. The van der Waals surface area contributed by atoms with Gasteiger partial charge in [0.1, 0.15) is 12.2 Å². The molecule has 95 heavy (non-hydrogen) atoms. The fourth-order valence-electron chi connectivity index (χ4n) is 17.7. The van der Waals surface area contributed by atoms with Gasteiger partial charge in [0.05, 0.1) is 85.5 Å². The minimum absolute atomic E-state index is 0.00250. The highest BCUT2D eigenvalue weighted by Gasteiger charge is 2.52. The van der Waals surface area contributed by atoms with E-state index in [4.69, 9.17) is 47.4 Å². The van der Waals surface area contributed by atoms with Crippen LogP contribution in [0.5, 0.6) is 0 Å². The summed E-state index contributed by atoms with van der Waals surface area (Å²) in [5.74, 6) is 11.1. The Bertz CT molecular complexity index is 1900. The van der Waals surface area contributed by atoms with E-state index in [1.165, 1.54) is 6.42 Å². The van der Waals surface area contributed by atoms with Crippen molar-refractivity contribution in [1.82, 2.24) is 0 Å². The molecule has 7 aliphatic heterocycles. The van der Waals surface area contributed by atoms with Crippen LogP contribution in [-0.4, -0.2) is 127 Å². The van der Waals surface area contributed by atoms with Gasteiger partial charge in [0.15, 0.2) is 18.9 Å². The first kappa shape index (κ1) is 86.9. The second-order valence-electron chi connectivity index (χ2n) is 34.4. The molecule has 0 bridgehead atoms. The largest absolute Gasteiger partial charge is 0.388 e. The molecule has 7 fully saturated rings. The van der Waals surface area contributed by atoms with E-state index in [2.05, 4.69) is 235 Å². The quantitative estimate of drug-likeness (QED) is 0.120. The number of ether oxygens (including phenoxy) is 10. The molecule has 0 spiro atoms. The maximum Gasteiger partial charge on any atom is 0.184 e. The highest BCUT2D eigenvalue weighted by molar-refractivity contribution is 4.96. The van der Waals surface area contributed by atoms with Gasteiger partial charge in [-0.05, 0) is 158 Å². The normalized spacial score (nSPS) is 47.9. The lowest BCUT2D eigenvalue weighted by molar-refractivity contribution is -0.319. The van der Waals surface area contributed by atoms with Gasteiger partial charge < -0.3 is 57.6 Å². The first-order valence-electron chi connectivity index (χ1n) is 40.3. The molecule has 0 aromatic carbocycles. The number of aliphatic hydroxyl groups excluding tert-OH is 2. The van der Waals surface area contributed by atoms with Crippen LogP contribution in [-0.2, 0) is 47.4 Å². The van der Waals surface area contributed by atoms with Crippen LogP contribution in [0.25, 0.3) is 0 Å². The lowest BCUT2D eigenvalue weighted by Crippen LogP contribution is -2.57. The summed E-state index contributed by atoms with van der Waals surface area (Å²) < 4.78 is 64.2. The molecule has 42 atom stereocenters. The smallest absolute Gasteiger partial charge is 0.184 e. The Morgan fingerprint density at radius 1 is 0.221 bits per heavy atom. The molecule has 15 unspecified atom stereocenters. The van der Waals surface area contributed by atoms with E-state index >= 15 is 0 Å². The third kappa shape index (κ3) is 20.9. The fourth-order valence-corrected chi connectivity index (χ4v) is 17.7. The second-order valence-corrected chi connectivity index (χ2v) is 34.4. The Morgan fingerprint density at radius 2 is 0.411 bits per heavy atom. The molecule has 7 rings (SSSR count). The second kappa shape index (κ2) is 39.4. The van der Waals surface area contributed by atoms with Crippen LogP contribution in [0, 0.1) is 136 Å². The van der Waals surface area contributed by atoms with Crippen molar-refractivity contribution in [2.75, 3.05) is 0 Å². The predicted octanol–water partition coefficient (Wildman–Crippen LogP) is 19.6. The van der Waals surface area contributed by atoms with Gasteiger partial charge in [-0.3, -0.25) is 0 Å². The maximum atomic E-state index is 10.8. The van der Waals surface area contributed by atoms with Crippen LogP contribution in [0.15, 0.2) is 0 Å². The molecule has 0 aromatic rings. The van der Waals surface area contributed by atoms with Gasteiger partial charge >= 0.3 is 0 Å². The molecule has 0 amide bonds. The van der Waals surface area contributed by atoms with Gasteiger partial charge in [-0.1, -0.05) is 253 Å². The van der Waals surface area contributed by atoms with Gasteiger partial charge in [-0.15, -0.1) is 0 Å². The minimum Gasteiger partial charge on any atom is -0.388 e. The van der Waals surface area contributed by atoms with Crippen molar-refractivity contribution in [3.8, 4) is 0 Å². The predicted molar refractivity (Wildman–Crippen MR) is 393 cm³/mol. The third-order valence-corrected chi connectivity index (χ3v) is 28.5. The zero-order chi connectivity index (χ0) is 72.3. The monoisotopic (exact) mass is 1350 g/mol. The van der Waals surface area contributed by atoms with Crippen molar-refractivity contribution in [2.45, 2.75) is 397 Å². The molecule has 7 heterocycles. The lowest BCUT2D eigenvalue weighted by atomic mass is 9.73. The summed E-state index contributed by atoms with van der Waals surface area (Å²) in [6.45, 7) is 76.6. The average molecular weight is 1350 g/mol. The maximum absolute atomic E-state index is 10.8. The molecule has 7 aliphatic rings. The van der Waals surface area contributed by atoms with E-state index in [0.717, 1.165) is 44.4 Å². The molecule has 564 valence electrons. The number of aliphatic hydroxyl groups is 2. The van der Waals surface area contributed by atoms with E-state index in [1.54, 1.807) is 0 Å². The summed E-state index contributed by atoms with van der Waals surface area (Å²) in [5.41, 5.74) is 0. The van der Waals surface area contributed by atoms with E-state index in [-0.39, 0.29) is 85.3 Å². The van der Waals surface area contributed by atoms with E-state index < -0.39 is 24.8 Å². The molecule has 0 saturated carbocycles. The SMILES string of the molecule is CC[C@@H](C)C1OC(C)C(C)[C@@H](C)[C@@H]1C.CC[C@@H](C)C1O[C@H](OC2[C@@H](C)[C@H](C)C([C@H](C)CC)O[C@@H]2C)C(C)[C@@H](C)[C@@H]1C.CC[C@@H](C)C1O[C@H](OC2[C@@H](C)[C@H](C)C([C@H](C)CC)O[C@@H]2C)C(O)[C@@H](C)[C@@H]1C.CC[C@@H](C)C1O[C@H](OC2[C@@H](C)[C@H](C)C([C@H](C)CC)O[C@@H]2C)C(O)[C@@H](C)[C@@H]1C. The molecule has 12 nitrogen and oxygen atoms in total. The Kier molecular flexibility index (Phi) is 36.1. The van der Waals surface area contributed by atoms with Crippen molar-refractivity contribution in [2.24, 2.45) is 136 Å². The van der Waals surface area contributed by atoms with Crippen LogP contribution in [0.2, 0.25) is 0 Å². The van der Waals surface area contributed by atoms with Crippen LogP contribution in [0.3, 0.4) is 0 Å². The Hall–Kier alpha value is -0.480. The van der Waals surface area contributed by atoms with Crippen LogP contribution < -0.4 is 0 Å². The van der Waals surface area contributed by atoms with E-state index in [0.29, 0.717) is 137 Å². The van der Waals surface area contributed by atoms with Gasteiger partial charge in [-0.2, -0.15) is 0 Å². The Balaban J connectivity index is 0.000000276. The zero-order valence-electron chi connectivity index (χ0n) is 68.2. The van der Waals surface area contributed by atoms with Crippen molar-refractivity contribution in [3.63, 3.8) is 0 Å². The Morgan fingerprint density at radius 3 is 0.663 bits per heavy atom. The fraction of sp³-hybridized carbons (Fsp3) is 1.00. The average Bonchev–Trinajstić information content (AvgIpc) is 0.809. The molecule has 7 saturated heterocycles. The van der Waals surface area contributed by atoms with Crippen molar-refractivity contribution in [3.05, 3.63) is 0 Å². The van der Waals surface area contributed by atoms with E-state index in [1.807, 2.05) is 0 Å². The molecule has 12 heteroatoms. The van der Waals surface area contributed by atoms with Gasteiger partial charge in [0.2, 0.25) is 0 Å². The van der Waals surface area contributed by atoms with E-state index in [9.17, 15) is 10.2 Å². The van der Waals surface area contributed by atoms with Crippen LogP contribution in [0.1, 0.15) is 280 Å². The molecule has 0 aromatic heterocycles. The summed E-state index contributed by atoms with van der Waals surface area (Å²) in [6.07, 6.45) is 7.87. The summed E-state index contributed by atoms with van der Waals surface area (Å²) in [5, 5.41) is 21.7. The van der Waals surface area contributed by atoms with Gasteiger partial charge in [0.25, 0.3) is 0 Å². The van der Waals surface area contributed by atoms with Crippen molar-refractivity contribution < 1.29 is 57.6 Å². The minimum atomic E-state index is -0.595. The van der Waals surface area contributed by atoms with Gasteiger partial charge in [-0.25, -0.2) is 0 Å². The standard InChI is InChI=1S/C24H46O3.2C23H44O4.C13H26O/c1-11-13(3)21-17(7)18(8)23(20(10)25-21)27-24-19(9)15(5)16(6)22(26-24)14(4)12-2;2*1-10-12(3)20-16(7)17(8)22(18(9)25-20)27-23-19(24)14(5)15(6)21(26-23)13(4)11-2;1-7-8(2)13-11(5)9(3)10(4)12(6)14-13/h13-24H,11-12H2,1-10H3;2*12-24H,10-11H2,1-9H3;8-13H,7H2,1-6H3/t13-,14-,15+,16+,17+,18+,19?,20-,21?,22?,23?,24-;2*12-,13-,14+,15+,16+,17+,18-,19?,20?,21?,22?,23-;8-,9-,10?,11+,12?,13?/m1111/s1. The molecule has 0 aliphatic carbocycles. The van der Waals surface area contributed by atoms with Crippen LogP contribution >= 0.6 is 0 Å². The zero-order valence-corrected chi connectivity index (χ0v) is 68.2. The first-order valence-corrected chi connectivity index (χ1v) is 40.3. The first-order chi connectivity index (χ1) is 44.4. The summed E-state index contributed by atoms with van der Waals surface area (Å²) in [7, 11) is 0. The van der Waals surface area contributed by atoms with Crippen molar-refractivity contribution >= 4 is 0 Å². The molecular weight excluding hydrogens is 1190 g/mol. The third-order valence-electron chi connectivity index (χ3n) is 28.5. The summed E-state index contributed by atoms with van der Waals surface area (Å²) in [4.78, 5) is 0. The summed E-state index contributed by atoms with van der Waals surface area (Å²) >= 11 is 0. The van der Waals surface area contributed by atoms with Crippen molar-refractivity contribution in [1.29, 1.82) is 0 Å². The number of rotatable bonds is 20. The highest BCUT2D eigenvalue weighted by Crippen LogP contribution is 2.46. The van der Waals surface area contributed by atoms with Crippen LogP contribution in [0.4, 0.5) is 0 Å². The molecule has 2 N–H and O–H groups in total. The number of hydrogen-bond donors (Lipinski definition) is 2. The highest BCUT2D eigenvalue weighted by atomic mass is 16.7. The number of hydrogen-bond acceptors (Lipinski definition) is 12. The molecule has 0 radical (unpaired) electrons. The topological polar surface area (TPSA) is 133 Å². The molecular formula is C83H160O12. The lowest BCUT2D eigenvalue weighted by Gasteiger charge is -2.50. The van der Waals surface area contributed by atoms with Gasteiger partial charge in [0, 0.05) is 5.92 Å². The Labute approximate surface area is 587 Å².